The lowest BCUT2D eigenvalue weighted by Gasteiger charge is -2.32. The van der Waals surface area contributed by atoms with Crippen LogP contribution in [-0.2, 0) is 10.0 Å². The monoisotopic (exact) mass is 262 g/mol. The third kappa shape index (κ3) is 6.38. The lowest BCUT2D eigenvalue weighted by Crippen LogP contribution is -2.37. The summed E-state index contributed by atoms with van der Waals surface area (Å²) in [6, 6.07) is 0.624. The fourth-order valence-corrected chi connectivity index (χ4v) is 2.90. The SMILES string of the molecule is C[C@H]1CC[C@@H](NCCCNS(C)(=O)=O)C[C@@H]1C. The van der Waals surface area contributed by atoms with Crippen LogP contribution in [0.5, 0.6) is 0 Å². The van der Waals surface area contributed by atoms with Crippen molar-refractivity contribution in [2.75, 3.05) is 19.3 Å². The summed E-state index contributed by atoms with van der Waals surface area (Å²) in [5, 5.41) is 3.52. The van der Waals surface area contributed by atoms with Gasteiger partial charge in [-0.15, -0.1) is 0 Å². The van der Waals surface area contributed by atoms with E-state index in [2.05, 4.69) is 23.9 Å². The van der Waals surface area contributed by atoms with Crippen LogP contribution < -0.4 is 10.0 Å². The van der Waals surface area contributed by atoms with E-state index in [0.717, 1.165) is 24.8 Å². The van der Waals surface area contributed by atoms with Crippen molar-refractivity contribution < 1.29 is 8.42 Å². The molecule has 102 valence electrons. The maximum absolute atomic E-state index is 10.8. The summed E-state index contributed by atoms with van der Waals surface area (Å²) in [4.78, 5) is 0. The van der Waals surface area contributed by atoms with Gasteiger partial charge in [0.2, 0.25) is 10.0 Å². The molecule has 1 aliphatic rings. The van der Waals surface area contributed by atoms with E-state index in [0.29, 0.717) is 12.6 Å². The van der Waals surface area contributed by atoms with Crippen molar-refractivity contribution in [3.05, 3.63) is 0 Å². The molecule has 0 heterocycles. The van der Waals surface area contributed by atoms with Crippen molar-refractivity contribution in [2.24, 2.45) is 11.8 Å². The summed E-state index contributed by atoms with van der Waals surface area (Å²) < 4.78 is 24.2. The van der Waals surface area contributed by atoms with Crippen molar-refractivity contribution in [1.29, 1.82) is 0 Å². The first-order valence-electron chi connectivity index (χ1n) is 6.56. The minimum atomic E-state index is -3.02. The van der Waals surface area contributed by atoms with Gasteiger partial charge in [-0.2, -0.15) is 0 Å². The lowest BCUT2D eigenvalue weighted by molar-refractivity contribution is 0.226. The van der Waals surface area contributed by atoms with E-state index in [1.54, 1.807) is 0 Å². The van der Waals surface area contributed by atoms with Crippen LogP contribution >= 0.6 is 0 Å². The second kappa shape index (κ2) is 6.71. The first-order chi connectivity index (χ1) is 7.88. The molecule has 4 nitrogen and oxygen atoms in total. The molecule has 5 heteroatoms. The molecular weight excluding hydrogens is 236 g/mol. The Morgan fingerprint density at radius 1 is 1.12 bits per heavy atom. The summed E-state index contributed by atoms with van der Waals surface area (Å²) in [7, 11) is -3.02. The predicted octanol–water partition coefficient (Wildman–Crippen LogP) is 1.34. The molecule has 0 aromatic rings. The van der Waals surface area contributed by atoms with Crippen LogP contribution in [0, 0.1) is 11.8 Å². The molecule has 1 aliphatic carbocycles. The van der Waals surface area contributed by atoms with Gasteiger partial charge in [-0.1, -0.05) is 13.8 Å². The van der Waals surface area contributed by atoms with Gasteiger partial charge in [-0.05, 0) is 44.1 Å². The highest BCUT2D eigenvalue weighted by atomic mass is 32.2. The fraction of sp³-hybridized carbons (Fsp3) is 1.00. The minimum absolute atomic E-state index is 0.532. The Bertz CT molecular complexity index is 316. The van der Waals surface area contributed by atoms with Gasteiger partial charge < -0.3 is 5.32 Å². The van der Waals surface area contributed by atoms with E-state index >= 15 is 0 Å². The molecule has 1 fully saturated rings. The number of rotatable bonds is 6. The van der Waals surface area contributed by atoms with E-state index in [9.17, 15) is 8.42 Å². The maximum Gasteiger partial charge on any atom is 0.208 e. The van der Waals surface area contributed by atoms with Crippen LogP contribution in [-0.4, -0.2) is 33.8 Å². The van der Waals surface area contributed by atoms with Gasteiger partial charge in [0.25, 0.3) is 0 Å². The van der Waals surface area contributed by atoms with E-state index in [1.165, 1.54) is 25.5 Å². The van der Waals surface area contributed by atoms with Crippen LogP contribution in [0.1, 0.15) is 39.5 Å². The van der Waals surface area contributed by atoms with Gasteiger partial charge in [0, 0.05) is 12.6 Å². The Morgan fingerprint density at radius 2 is 1.82 bits per heavy atom. The Labute approximate surface area is 106 Å². The second-order valence-corrected chi connectivity index (χ2v) is 7.27. The van der Waals surface area contributed by atoms with Crippen LogP contribution in [0.2, 0.25) is 0 Å². The van der Waals surface area contributed by atoms with E-state index in [1.807, 2.05) is 0 Å². The first-order valence-corrected chi connectivity index (χ1v) is 8.45. The summed E-state index contributed by atoms with van der Waals surface area (Å²) >= 11 is 0. The van der Waals surface area contributed by atoms with Gasteiger partial charge in [-0.3, -0.25) is 0 Å². The average Bonchev–Trinajstić information content (AvgIpc) is 2.21. The molecule has 0 spiro atoms. The molecule has 0 amide bonds. The molecular formula is C12H26N2O2S. The van der Waals surface area contributed by atoms with Gasteiger partial charge in [0.1, 0.15) is 0 Å². The Kier molecular flexibility index (Phi) is 5.89. The third-order valence-electron chi connectivity index (χ3n) is 3.75. The van der Waals surface area contributed by atoms with E-state index in [-0.39, 0.29) is 0 Å². The summed E-state index contributed by atoms with van der Waals surface area (Å²) in [5.41, 5.74) is 0. The smallest absolute Gasteiger partial charge is 0.208 e. The van der Waals surface area contributed by atoms with Crippen LogP contribution in [0.3, 0.4) is 0 Å². The number of nitrogens with one attached hydrogen (secondary N) is 2. The Balaban J connectivity index is 2.07. The summed E-state index contributed by atoms with van der Waals surface area (Å²) in [6.45, 7) is 6.08. The Hall–Kier alpha value is -0.130. The predicted molar refractivity (Wildman–Crippen MR) is 71.4 cm³/mol. The van der Waals surface area contributed by atoms with Crippen molar-refractivity contribution in [3.63, 3.8) is 0 Å². The maximum atomic E-state index is 10.8. The largest absolute Gasteiger partial charge is 0.314 e. The van der Waals surface area contributed by atoms with Crippen molar-refractivity contribution >= 4 is 10.0 Å². The molecule has 0 aromatic carbocycles. The quantitative estimate of drug-likeness (QED) is 0.710. The molecule has 0 bridgehead atoms. The molecule has 3 atom stereocenters. The lowest BCUT2D eigenvalue weighted by atomic mass is 9.79. The number of hydrogen-bond acceptors (Lipinski definition) is 3. The molecule has 0 aliphatic heterocycles. The number of hydrogen-bond donors (Lipinski definition) is 2. The summed E-state index contributed by atoms with van der Waals surface area (Å²) in [5.74, 6) is 1.65. The highest BCUT2D eigenvalue weighted by molar-refractivity contribution is 7.88. The molecule has 17 heavy (non-hydrogen) atoms. The van der Waals surface area contributed by atoms with Crippen molar-refractivity contribution in [2.45, 2.75) is 45.6 Å². The number of sulfonamides is 1. The molecule has 0 unspecified atom stereocenters. The molecule has 1 rings (SSSR count). The molecule has 2 N–H and O–H groups in total. The average molecular weight is 262 g/mol. The van der Waals surface area contributed by atoms with Crippen LogP contribution in [0.15, 0.2) is 0 Å². The van der Waals surface area contributed by atoms with Gasteiger partial charge in [0.15, 0.2) is 0 Å². The van der Waals surface area contributed by atoms with Crippen LogP contribution in [0.4, 0.5) is 0 Å². The molecule has 1 saturated carbocycles. The summed E-state index contributed by atoms with van der Waals surface area (Å²) in [6.07, 6.45) is 5.87. The first kappa shape index (κ1) is 14.9. The zero-order valence-electron chi connectivity index (χ0n) is 11.2. The highest BCUT2D eigenvalue weighted by Gasteiger charge is 2.23. The standard InChI is InChI=1S/C12H26N2O2S/c1-10-5-6-12(9-11(10)2)13-7-4-8-14-17(3,15)16/h10-14H,4-9H2,1-3H3/t10-,11-,12+/m0/s1. The van der Waals surface area contributed by atoms with Gasteiger partial charge >= 0.3 is 0 Å². The van der Waals surface area contributed by atoms with E-state index in [4.69, 9.17) is 0 Å². The molecule has 0 aromatic heterocycles. The second-order valence-electron chi connectivity index (χ2n) is 5.44. The third-order valence-corrected chi connectivity index (χ3v) is 4.48. The van der Waals surface area contributed by atoms with Crippen molar-refractivity contribution in [1.82, 2.24) is 10.0 Å². The topological polar surface area (TPSA) is 58.2 Å². The van der Waals surface area contributed by atoms with Crippen molar-refractivity contribution in [3.8, 4) is 0 Å². The minimum Gasteiger partial charge on any atom is -0.314 e. The zero-order chi connectivity index (χ0) is 12.9. The van der Waals surface area contributed by atoms with Crippen LogP contribution in [0.25, 0.3) is 0 Å². The van der Waals surface area contributed by atoms with Gasteiger partial charge in [-0.25, -0.2) is 13.1 Å². The normalized spacial score (nSPS) is 30.4. The fourth-order valence-electron chi connectivity index (χ4n) is 2.39. The Morgan fingerprint density at radius 3 is 2.41 bits per heavy atom. The van der Waals surface area contributed by atoms with E-state index < -0.39 is 10.0 Å². The van der Waals surface area contributed by atoms with Gasteiger partial charge in [0.05, 0.1) is 6.26 Å². The zero-order valence-corrected chi connectivity index (χ0v) is 12.0. The molecule has 0 saturated heterocycles. The highest BCUT2D eigenvalue weighted by Crippen LogP contribution is 2.29. The molecule has 0 radical (unpaired) electrons.